The van der Waals surface area contributed by atoms with Crippen LogP contribution in [0.5, 0.6) is 5.75 Å². The lowest BCUT2D eigenvalue weighted by Crippen LogP contribution is -2.34. The van der Waals surface area contributed by atoms with Gasteiger partial charge < -0.3 is 10.1 Å². The molecule has 1 atom stereocenters. The monoisotopic (exact) mass is 267 g/mol. The smallest absolute Gasteiger partial charge is 0.123 e. The summed E-state index contributed by atoms with van der Waals surface area (Å²) in [4.78, 5) is 0. The summed E-state index contributed by atoms with van der Waals surface area (Å²) in [7, 11) is 1.63. The molecule has 2 nitrogen and oxygen atoms in total. The van der Waals surface area contributed by atoms with E-state index in [1.165, 1.54) is 6.07 Å². The second kappa shape index (κ2) is 6.90. The van der Waals surface area contributed by atoms with Gasteiger partial charge in [0.05, 0.1) is 7.11 Å². The second-order valence-corrected chi connectivity index (χ2v) is 5.62. The van der Waals surface area contributed by atoms with E-state index in [1.54, 1.807) is 19.2 Å². The number of hydrogen-bond donors (Lipinski definition) is 1. The summed E-state index contributed by atoms with van der Waals surface area (Å²) in [5.41, 5.74) is 0.943. The molecule has 0 radical (unpaired) electrons. The molecule has 0 aliphatic carbocycles. The molecule has 0 aliphatic rings. The first-order chi connectivity index (χ1) is 8.96. The van der Waals surface area contributed by atoms with Crippen molar-refractivity contribution in [3.05, 3.63) is 29.6 Å². The fourth-order valence-corrected chi connectivity index (χ4v) is 2.23. The first-order valence-corrected chi connectivity index (χ1v) is 7.03. The number of ether oxygens (including phenoxy) is 1. The Labute approximate surface area is 116 Å². The van der Waals surface area contributed by atoms with Gasteiger partial charge in [0.1, 0.15) is 11.6 Å². The minimum absolute atomic E-state index is 0.0379. The lowest BCUT2D eigenvalue weighted by atomic mass is 9.78. The van der Waals surface area contributed by atoms with Crippen LogP contribution < -0.4 is 10.1 Å². The zero-order valence-corrected chi connectivity index (χ0v) is 12.7. The molecule has 0 fully saturated rings. The normalized spacial score (nSPS) is 13.4. The largest absolute Gasteiger partial charge is 0.496 e. The Hall–Kier alpha value is -1.09. The van der Waals surface area contributed by atoms with Gasteiger partial charge in [-0.15, -0.1) is 0 Å². The van der Waals surface area contributed by atoms with Crippen molar-refractivity contribution in [3.63, 3.8) is 0 Å². The van der Waals surface area contributed by atoms with Crippen molar-refractivity contribution < 1.29 is 9.13 Å². The molecule has 0 heterocycles. The third-order valence-corrected chi connectivity index (χ3v) is 3.79. The van der Waals surface area contributed by atoms with Gasteiger partial charge in [-0.3, -0.25) is 0 Å². The van der Waals surface area contributed by atoms with E-state index in [1.807, 2.05) is 0 Å². The Kier molecular flexibility index (Phi) is 5.80. The predicted octanol–water partition coefficient (Wildman–Crippen LogP) is 4.31. The molecular formula is C16H26FNO. The molecule has 108 valence electrons. The van der Waals surface area contributed by atoms with Crippen LogP contribution in [0.25, 0.3) is 0 Å². The van der Waals surface area contributed by atoms with Crippen molar-refractivity contribution in [1.82, 2.24) is 5.32 Å². The van der Waals surface area contributed by atoms with Crippen LogP contribution in [-0.4, -0.2) is 13.7 Å². The molecule has 1 rings (SSSR count). The average molecular weight is 267 g/mol. The summed E-state index contributed by atoms with van der Waals surface area (Å²) in [6, 6.07) is 4.82. The fourth-order valence-electron chi connectivity index (χ4n) is 2.23. The number of halogens is 1. The summed E-state index contributed by atoms with van der Waals surface area (Å²) in [5, 5.41) is 3.53. The van der Waals surface area contributed by atoms with Gasteiger partial charge in [-0.1, -0.05) is 27.7 Å². The minimum Gasteiger partial charge on any atom is -0.496 e. The maximum absolute atomic E-state index is 13.6. The van der Waals surface area contributed by atoms with Crippen molar-refractivity contribution in [2.24, 2.45) is 5.41 Å². The summed E-state index contributed by atoms with van der Waals surface area (Å²) in [6.07, 6.45) is 2.06. The Morgan fingerprint density at radius 1 is 1.32 bits per heavy atom. The van der Waals surface area contributed by atoms with Crippen LogP contribution in [0.15, 0.2) is 18.2 Å². The van der Waals surface area contributed by atoms with Crippen LogP contribution >= 0.6 is 0 Å². The predicted molar refractivity (Wildman–Crippen MR) is 78.1 cm³/mol. The van der Waals surface area contributed by atoms with Crippen molar-refractivity contribution in [2.75, 3.05) is 13.7 Å². The standard InChI is InChI=1S/C16H26FNO/c1-6-10-18-15(16(3,4)7-2)13-11-12(17)8-9-14(13)19-5/h8-9,11,15,18H,6-7,10H2,1-5H3. The van der Waals surface area contributed by atoms with Crippen LogP contribution in [-0.2, 0) is 0 Å². The average Bonchev–Trinajstić information content (AvgIpc) is 2.39. The van der Waals surface area contributed by atoms with E-state index < -0.39 is 0 Å². The van der Waals surface area contributed by atoms with E-state index in [9.17, 15) is 4.39 Å². The van der Waals surface area contributed by atoms with Gasteiger partial charge in [0.25, 0.3) is 0 Å². The molecule has 0 amide bonds. The van der Waals surface area contributed by atoms with Crippen LogP contribution in [0.2, 0.25) is 0 Å². The minimum atomic E-state index is -0.217. The number of hydrogen-bond acceptors (Lipinski definition) is 2. The van der Waals surface area contributed by atoms with Crippen LogP contribution in [0.1, 0.15) is 52.1 Å². The Morgan fingerprint density at radius 3 is 2.53 bits per heavy atom. The molecule has 0 bridgehead atoms. The zero-order valence-electron chi connectivity index (χ0n) is 12.7. The summed E-state index contributed by atoms with van der Waals surface area (Å²) < 4.78 is 19.0. The van der Waals surface area contributed by atoms with Crippen molar-refractivity contribution in [1.29, 1.82) is 0 Å². The quantitative estimate of drug-likeness (QED) is 0.794. The first kappa shape index (κ1) is 16.0. The maximum Gasteiger partial charge on any atom is 0.123 e. The number of rotatable bonds is 7. The van der Waals surface area contributed by atoms with Gasteiger partial charge in [-0.2, -0.15) is 0 Å². The third kappa shape index (κ3) is 3.93. The molecule has 1 aromatic rings. The van der Waals surface area contributed by atoms with Crippen LogP contribution in [0.4, 0.5) is 4.39 Å². The SMILES string of the molecule is CCCNC(c1cc(F)ccc1OC)C(C)(C)CC. The second-order valence-electron chi connectivity index (χ2n) is 5.62. The van der Waals surface area contributed by atoms with E-state index in [2.05, 4.69) is 33.0 Å². The van der Waals surface area contributed by atoms with Gasteiger partial charge in [0, 0.05) is 11.6 Å². The zero-order chi connectivity index (χ0) is 14.5. The molecule has 0 saturated carbocycles. The van der Waals surface area contributed by atoms with Gasteiger partial charge in [0.15, 0.2) is 0 Å². The highest BCUT2D eigenvalue weighted by Gasteiger charge is 2.31. The maximum atomic E-state index is 13.6. The van der Waals surface area contributed by atoms with Crippen molar-refractivity contribution >= 4 is 0 Å². The first-order valence-electron chi connectivity index (χ1n) is 7.03. The van der Waals surface area contributed by atoms with Crippen LogP contribution in [0.3, 0.4) is 0 Å². The van der Waals surface area contributed by atoms with E-state index in [0.29, 0.717) is 0 Å². The van der Waals surface area contributed by atoms with Crippen molar-refractivity contribution in [2.45, 2.75) is 46.6 Å². The van der Waals surface area contributed by atoms with Gasteiger partial charge in [-0.25, -0.2) is 4.39 Å². The highest BCUT2D eigenvalue weighted by Crippen LogP contribution is 2.40. The molecule has 1 aromatic carbocycles. The van der Waals surface area contributed by atoms with E-state index in [0.717, 1.165) is 30.7 Å². The molecule has 0 aromatic heterocycles. The van der Waals surface area contributed by atoms with Gasteiger partial charge in [0.2, 0.25) is 0 Å². The highest BCUT2D eigenvalue weighted by molar-refractivity contribution is 5.37. The van der Waals surface area contributed by atoms with Gasteiger partial charge in [-0.05, 0) is 43.0 Å². The van der Waals surface area contributed by atoms with Crippen molar-refractivity contribution in [3.8, 4) is 5.75 Å². The Bertz CT molecular complexity index is 404. The Morgan fingerprint density at radius 2 is 2.00 bits per heavy atom. The summed E-state index contributed by atoms with van der Waals surface area (Å²) in [6.45, 7) is 9.60. The van der Waals surface area contributed by atoms with Crippen LogP contribution in [0, 0.1) is 11.2 Å². The Balaban J connectivity index is 3.19. The molecule has 0 aliphatic heterocycles. The molecule has 1 unspecified atom stereocenters. The molecular weight excluding hydrogens is 241 g/mol. The number of benzene rings is 1. The van der Waals surface area contributed by atoms with Gasteiger partial charge >= 0.3 is 0 Å². The van der Waals surface area contributed by atoms with E-state index in [-0.39, 0.29) is 17.3 Å². The fraction of sp³-hybridized carbons (Fsp3) is 0.625. The summed E-state index contributed by atoms with van der Waals surface area (Å²) in [5.74, 6) is 0.530. The molecule has 1 N–H and O–H groups in total. The lowest BCUT2D eigenvalue weighted by molar-refractivity contribution is 0.229. The third-order valence-electron chi connectivity index (χ3n) is 3.79. The van der Waals surface area contributed by atoms with E-state index >= 15 is 0 Å². The molecule has 0 saturated heterocycles. The van der Waals surface area contributed by atoms with E-state index in [4.69, 9.17) is 4.74 Å². The lowest BCUT2D eigenvalue weighted by Gasteiger charge is -2.35. The molecule has 3 heteroatoms. The number of nitrogens with one attached hydrogen (secondary N) is 1. The highest BCUT2D eigenvalue weighted by atomic mass is 19.1. The molecule has 19 heavy (non-hydrogen) atoms. The topological polar surface area (TPSA) is 21.3 Å². The number of methoxy groups -OCH3 is 1. The molecule has 0 spiro atoms. The summed E-state index contributed by atoms with van der Waals surface area (Å²) >= 11 is 0.